The first kappa shape index (κ1) is 27.5. The van der Waals surface area contributed by atoms with Gasteiger partial charge in [0.25, 0.3) is 5.91 Å². The van der Waals surface area contributed by atoms with Crippen molar-refractivity contribution < 1.29 is 9.90 Å². The van der Waals surface area contributed by atoms with Crippen molar-refractivity contribution >= 4 is 17.5 Å². The van der Waals surface area contributed by atoms with Gasteiger partial charge in [0.15, 0.2) is 5.82 Å². The second-order valence-electron chi connectivity index (χ2n) is 11.2. The van der Waals surface area contributed by atoms with Crippen molar-refractivity contribution in [1.82, 2.24) is 39.7 Å². The number of fused-ring (bicyclic) bond motifs is 1. The fourth-order valence-corrected chi connectivity index (χ4v) is 4.77. The average Bonchev–Trinajstić information content (AvgIpc) is 3.52. The Kier molecular flexibility index (Phi) is 7.95. The number of β-amino-alcohol motifs (C(OH)–C–C–N with tert-alkyl or cyclic N) is 1. The molecule has 5 rings (SSSR count). The summed E-state index contributed by atoms with van der Waals surface area (Å²) in [7, 11) is 0. The second kappa shape index (κ2) is 11.6. The smallest absolute Gasteiger partial charge is 0.254 e. The van der Waals surface area contributed by atoms with E-state index in [1.165, 1.54) is 0 Å². The van der Waals surface area contributed by atoms with Gasteiger partial charge in [-0.2, -0.15) is 10.2 Å². The Morgan fingerprint density at radius 3 is 2.70 bits per heavy atom. The molecule has 0 atom stereocenters. The lowest BCUT2D eigenvalue weighted by atomic mass is 10.0. The molecule has 1 amide bonds. The van der Waals surface area contributed by atoms with E-state index >= 15 is 0 Å². The highest BCUT2D eigenvalue weighted by Crippen LogP contribution is 2.24. The summed E-state index contributed by atoms with van der Waals surface area (Å²) in [4.78, 5) is 23.8. The Morgan fingerprint density at radius 2 is 1.95 bits per heavy atom. The molecule has 0 fully saturated rings. The average molecular weight is 544 g/mol. The zero-order valence-electron chi connectivity index (χ0n) is 23.6. The van der Waals surface area contributed by atoms with Crippen LogP contribution in [0, 0.1) is 6.92 Å². The van der Waals surface area contributed by atoms with E-state index in [-0.39, 0.29) is 18.1 Å². The molecule has 0 spiro atoms. The van der Waals surface area contributed by atoms with Gasteiger partial charge in [-0.25, -0.2) is 9.97 Å². The van der Waals surface area contributed by atoms with Crippen LogP contribution in [0.15, 0.2) is 49.1 Å². The zero-order valence-corrected chi connectivity index (χ0v) is 23.6. The minimum absolute atomic E-state index is 0.150. The fourth-order valence-electron chi connectivity index (χ4n) is 4.77. The van der Waals surface area contributed by atoms with Crippen LogP contribution >= 0.6 is 0 Å². The standard InChI is InChI=1S/C29H37N9O2/c1-20-12-21(6-7-22(20)15-30-28(40)23-16-33-38(17-23)29(2,3)4)25-14-26(32-19-31-25)34-27-13-24-18-36(10-11-39)8-5-9-37(24)35-27/h6-7,12-14,16-17,19,39H,5,8-11,15,18H2,1-4H3,(H,30,40)(H,31,32,34,35). The van der Waals surface area contributed by atoms with E-state index in [9.17, 15) is 9.90 Å². The molecule has 40 heavy (non-hydrogen) atoms. The molecule has 0 unspecified atom stereocenters. The monoisotopic (exact) mass is 543 g/mol. The highest BCUT2D eigenvalue weighted by Gasteiger charge is 2.18. The molecule has 1 aliphatic rings. The molecule has 1 aliphatic heterocycles. The van der Waals surface area contributed by atoms with Gasteiger partial charge in [-0.3, -0.25) is 19.1 Å². The summed E-state index contributed by atoms with van der Waals surface area (Å²) in [5.41, 5.74) is 5.32. The van der Waals surface area contributed by atoms with E-state index in [0.29, 0.717) is 24.5 Å². The molecule has 0 saturated heterocycles. The third-order valence-corrected chi connectivity index (χ3v) is 7.04. The number of anilines is 2. The third kappa shape index (κ3) is 6.37. The summed E-state index contributed by atoms with van der Waals surface area (Å²) in [5.74, 6) is 1.25. The number of aryl methyl sites for hydroxylation is 2. The molecule has 0 aliphatic carbocycles. The Hall–Kier alpha value is -4.09. The second-order valence-corrected chi connectivity index (χ2v) is 11.2. The Labute approximate surface area is 234 Å². The van der Waals surface area contributed by atoms with E-state index < -0.39 is 0 Å². The lowest BCUT2D eigenvalue weighted by Crippen LogP contribution is -2.26. The van der Waals surface area contributed by atoms with Gasteiger partial charge in [0.2, 0.25) is 0 Å². The van der Waals surface area contributed by atoms with Gasteiger partial charge in [-0.05, 0) is 51.3 Å². The lowest BCUT2D eigenvalue weighted by molar-refractivity contribution is 0.0950. The Bertz CT molecular complexity index is 1480. The van der Waals surface area contributed by atoms with Gasteiger partial charge in [-0.15, -0.1) is 0 Å². The third-order valence-electron chi connectivity index (χ3n) is 7.04. The van der Waals surface area contributed by atoms with Crippen LogP contribution in [0.2, 0.25) is 0 Å². The zero-order chi connectivity index (χ0) is 28.3. The number of carbonyl (C=O) groups is 1. The van der Waals surface area contributed by atoms with Gasteiger partial charge in [0.1, 0.15) is 12.1 Å². The Balaban J connectivity index is 1.24. The van der Waals surface area contributed by atoms with Crippen molar-refractivity contribution in [3.05, 3.63) is 71.4 Å². The summed E-state index contributed by atoms with van der Waals surface area (Å²) in [6.45, 7) is 12.0. The predicted octanol–water partition coefficient (Wildman–Crippen LogP) is 3.47. The van der Waals surface area contributed by atoms with Crippen molar-refractivity contribution in [3.8, 4) is 11.3 Å². The van der Waals surface area contributed by atoms with Gasteiger partial charge in [-0.1, -0.05) is 12.1 Å². The van der Waals surface area contributed by atoms with Crippen molar-refractivity contribution in [2.75, 3.05) is 25.0 Å². The van der Waals surface area contributed by atoms with Crippen molar-refractivity contribution in [3.63, 3.8) is 0 Å². The highest BCUT2D eigenvalue weighted by atomic mass is 16.3. The van der Waals surface area contributed by atoms with Gasteiger partial charge in [0.05, 0.1) is 35.3 Å². The quantitative estimate of drug-likeness (QED) is 0.308. The largest absolute Gasteiger partial charge is 0.395 e. The molecule has 0 bridgehead atoms. The van der Waals surface area contributed by atoms with Crippen LogP contribution in [0.25, 0.3) is 11.3 Å². The number of aliphatic hydroxyl groups excluding tert-OH is 1. The number of nitrogens with one attached hydrogen (secondary N) is 2. The van der Waals surface area contributed by atoms with Crippen LogP contribution in [-0.4, -0.2) is 65.1 Å². The van der Waals surface area contributed by atoms with Gasteiger partial charge < -0.3 is 15.7 Å². The first-order valence-electron chi connectivity index (χ1n) is 13.6. The van der Waals surface area contributed by atoms with Crippen LogP contribution in [0.4, 0.5) is 11.6 Å². The maximum Gasteiger partial charge on any atom is 0.254 e. The molecule has 0 radical (unpaired) electrons. The molecule has 1 aromatic carbocycles. The van der Waals surface area contributed by atoms with Crippen LogP contribution < -0.4 is 10.6 Å². The lowest BCUT2D eigenvalue weighted by Gasteiger charge is -2.18. The number of carbonyl (C=O) groups excluding carboxylic acids is 1. The molecule has 11 nitrogen and oxygen atoms in total. The highest BCUT2D eigenvalue weighted by molar-refractivity contribution is 5.93. The molecule has 4 aromatic rings. The van der Waals surface area contributed by atoms with Crippen LogP contribution in [0.1, 0.15) is 54.4 Å². The molecule has 11 heteroatoms. The molecular weight excluding hydrogens is 506 g/mol. The van der Waals surface area contributed by atoms with E-state index in [2.05, 4.69) is 36.7 Å². The number of nitrogens with zero attached hydrogens (tertiary/aromatic N) is 7. The minimum atomic E-state index is -0.179. The van der Waals surface area contributed by atoms with Crippen LogP contribution in [-0.2, 0) is 25.2 Å². The summed E-state index contributed by atoms with van der Waals surface area (Å²) in [6.07, 6.45) is 5.91. The molecule has 3 N–H and O–H groups in total. The summed E-state index contributed by atoms with van der Waals surface area (Å²) < 4.78 is 3.82. The number of rotatable bonds is 8. The van der Waals surface area contributed by atoms with E-state index in [0.717, 1.165) is 60.0 Å². The number of amides is 1. The maximum atomic E-state index is 12.7. The minimum Gasteiger partial charge on any atom is -0.395 e. The predicted molar refractivity (Wildman–Crippen MR) is 153 cm³/mol. The molecule has 210 valence electrons. The Morgan fingerprint density at radius 1 is 1.10 bits per heavy atom. The summed E-state index contributed by atoms with van der Waals surface area (Å²) in [6, 6.07) is 10.0. The van der Waals surface area contributed by atoms with Gasteiger partial charge in [0, 0.05) is 56.6 Å². The summed E-state index contributed by atoms with van der Waals surface area (Å²) >= 11 is 0. The molecular formula is C29H37N9O2. The molecule has 3 aromatic heterocycles. The fraction of sp³-hybridized carbons (Fsp3) is 0.414. The molecule has 4 heterocycles. The van der Waals surface area contributed by atoms with Crippen LogP contribution in [0.3, 0.4) is 0 Å². The maximum absolute atomic E-state index is 12.7. The number of aromatic nitrogens is 6. The summed E-state index contributed by atoms with van der Waals surface area (Å²) in [5, 5.41) is 24.7. The number of hydrogen-bond donors (Lipinski definition) is 3. The number of benzene rings is 1. The topological polar surface area (TPSA) is 126 Å². The van der Waals surface area contributed by atoms with E-state index in [1.807, 2.05) is 56.6 Å². The molecule has 0 saturated carbocycles. The van der Waals surface area contributed by atoms with E-state index in [4.69, 9.17) is 5.10 Å². The number of aliphatic hydroxyl groups is 1. The van der Waals surface area contributed by atoms with Gasteiger partial charge >= 0.3 is 0 Å². The van der Waals surface area contributed by atoms with Crippen LogP contribution in [0.5, 0.6) is 0 Å². The van der Waals surface area contributed by atoms with Crippen molar-refractivity contribution in [2.45, 2.75) is 59.3 Å². The normalized spacial score (nSPS) is 14.0. The SMILES string of the molecule is Cc1cc(-c2cc(Nc3cc4n(n3)CCCN(CCO)C4)ncn2)ccc1CNC(=O)c1cnn(C(C)(C)C)c1. The van der Waals surface area contributed by atoms with Crippen molar-refractivity contribution in [2.24, 2.45) is 0 Å². The first-order valence-corrected chi connectivity index (χ1v) is 13.6. The van der Waals surface area contributed by atoms with E-state index in [1.54, 1.807) is 23.4 Å². The van der Waals surface area contributed by atoms with Crippen molar-refractivity contribution in [1.29, 1.82) is 0 Å². The first-order chi connectivity index (χ1) is 19.2. The number of hydrogen-bond acceptors (Lipinski definition) is 8.